The van der Waals surface area contributed by atoms with Gasteiger partial charge in [-0.15, -0.1) is 11.8 Å². The van der Waals surface area contributed by atoms with Crippen LogP contribution in [0.4, 0.5) is 0 Å². The molecule has 0 bridgehead atoms. The monoisotopic (exact) mass is 305 g/mol. The van der Waals surface area contributed by atoms with E-state index in [0.29, 0.717) is 19.2 Å². The summed E-state index contributed by atoms with van der Waals surface area (Å²) in [7, 11) is 0. The van der Waals surface area contributed by atoms with Crippen LogP contribution in [0.15, 0.2) is 41.3 Å². The Morgan fingerprint density at radius 2 is 1.86 bits per heavy atom. The summed E-state index contributed by atoms with van der Waals surface area (Å²) in [5.41, 5.74) is 0. The minimum Gasteiger partial charge on any atom is -0.490 e. The third-order valence-electron chi connectivity index (χ3n) is 3.26. The third-order valence-corrected chi connectivity index (χ3v) is 4.05. The first-order valence-corrected chi connectivity index (χ1v) is 8.44. The Bertz CT molecular complexity index is 586. The lowest BCUT2D eigenvalue weighted by Gasteiger charge is -2.16. The second-order valence-corrected chi connectivity index (χ2v) is 6.19. The number of rotatable bonds is 7. The lowest BCUT2D eigenvalue weighted by molar-refractivity contribution is 0.105. The average Bonchev–Trinajstić information content (AvgIpc) is 2.50. The number of aliphatic hydroxyl groups excluding tert-OH is 1. The second kappa shape index (κ2) is 7.69. The topological polar surface area (TPSA) is 41.5 Å². The summed E-state index contributed by atoms with van der Waals surface area (Å²) in [6.07, 6.45) is 1.57. The number of aliphatic hydroxyl groups is 1. The Kier molecular flexibility index (Phi) is 5.91. The van der Waals surface area contributed by atoms with E-state index >= 15 is 0 Å². The Morgan fingerprint density at radius 1 is 1.14 bits per heavy atom. The van der Waals surface area contributed by atoms with Crippen LogP contribution in [-0.4, -0.2) is 36.7 Å². The van der Waals surface area contributed by atoms with Crippen molar-refractivity contribution in [1.82, 2.24) is 5.32 Å². The number of fused-ring (bicyclic) bond motifs is 1. The number of hydrogen-bond donors (Lipinski definition) is 2. The van der Waals surface area contributed by atoms with E-state index in [4.69, 9.17) is 4.74 Å². The van der Waals surface area contributed by atoms with E-state index in [1.165, 1.54) is 10.3 Å². The lowest BCUT2D eigenvalue weighted by atomic mass is 10.1. The Hall–Kier alpha value is -1.23. The van der Waals surface area contributed by atoms with Crippen LogP contribution < -0.4 is 10.1 Å². The summed E-state index contributed by atoms with van der Waals surface area (Å²) >= 11 is 1.73. The highest BCUT2D eigenvalue weighted by Crippen LogP contribution is 2.32. The normalized spacial score (nSPS) is 12.8. The van der Waals surface area contributed by atoms with Gasteiger partial charge in [-0.1, -0.05) is 38.1 Å². The number of nitrogens with one attached hydrogen (secondary N) is 1. The maximum absolute atomic E-state index is 9.94. The van der Waals surface area contributed by atoms with E-state index in [2.05, 4.69) is 43.6 Å². The molecular weight excluding hydrogens is 282 g/mol. The number of hydrogen-bond acceptors (Lipinski definition) is 4. The highest BCUT2D eigenvalue weighted by atomic mass is 32.2. The largest absolute Gasteiger partial charge is 0.490 e. The lowest BCUT2D eigenvalue weighted by Crippen LogP contribution is -2.35. The second-order valence-electron chi connectivity index (χ2n) is 5.34. The van der Waals surface area contributed by atoms with Gasteiger partial charge in [-0.3, -0.25) is 0 Å². The Balaban J connectivity index is 2.09. The molecule has 2 N–H and O–H groups in total. The maximum Gasteiger partial charge on any atom is 0.127 e. The molecule has 2 aromatic carbocycles. The Labute approximate surface area is 130 Å². The minimum absolute atomic E-state index is 0.294. The van der Waals surface area contributed by atoms with Crippen LogP contribution >= 0.6 is 11.8 Å². The molecule has 0 radical (unpaired) electrons. The van der Waals surface area contributed by atoms with Crippen molar-refractivity contribution in [2.45, 2.75) is 30.9 Å². The molecule has 21 heavy (non-hydrogen) atoms. The maximum atomic E-state index is 9.94. The van der Waals surface area contributed by atoms with Gasteiger partial charge in [0, 0.05) is 22.9 Å². The van der Waals surface area contributed by atoms with Crippen LogP contribution in [-0.2, 0) is 0 Å². The van der Waals surface area contributed by atoms with Crippen LogP contribution in [0.2, 0.25) is 0 Å². The van der Waals surface area contributed by atoms with E-state index < -0.39 is 6.10 Å². The van der Waals surface area contributed by atoms with Crippen LogP contribution in [0.1, 0.15) is 13.8 Å². The van der Waals surface area contributed by atoms with Crippen molar-refractivity contribution in [3.63, 3.8) is 0 Å². The van der Waals surface area contributed by atoms with Crippen LogP contribution in [0, 0.1) is 0 Å². The molecule has 0 amide bonds. The molecule has 114 valence electrons. The SMILES string of the molecule is CSc1ccc(OC[C@H](O)CNC(C)C)c2ccccc12. The van der Waals surface area contributed by atoms with Crippen molar-refractivity contribution >= 4 is 22.5 Å². The molecule has 0 unspecified atom stereocenters. The minimum atomic E-state index is -0.508. The number of benzene rings is 2. The zero-order chi connectivity index (χ0) is 15.2. The molecule has 0 spiro atoms. The molecule has 0 aliphatic rings. The van der Waals surface area contributed by atoms with E-state index in [1.54, 1.807) is 11.8 Å². The molecule has 0 heterocycles. The van der Waals surface area contributed by atoms with Crippen molar-refractivity contribution in [1.29, 1.82) is 0 Å². The third kappa shape index (κ3) is 4.37. The van der Waals surface area contributed by atoms with E-state index in [1.807, 2.05) is 18.2 Å². The van der Waals surface area contributed by atoms with Gasteiger partial charge in [-0.2, -0.15) is 0 Å². The molecule has 0 aliphatic heterocycles. The smallest absolute Gasteiger partial charge is 0.127 e. The van der Waals surface area contributed by atoms with Crippen molar-refractivity contribution in [3.8, 4) is 5.75 Å². The zero-order valence-corrected chi connectivity index (χ0v) is 13.6. The van der Waals surface area contributed by atoms with Gasteiger partial charge in [0.2, 0.25) is 0 Å². The van der Waals surface area contributed by atoms with Gasteiger partial charge in [0.25, 0.3) is 0 Å². The molecule has 0 saturated carbocycles. The first-order chi connectivity index (χ1) is 10.1. The summed E-state index contributed by atoms with van der Waals surface area (Å²) in [4.78, 5) is 1.24. The molecular formula is C17H23NO2S. The van der Waals surface area contributed by atoms with Gasteiger partial charge in [0.15, 0.2) is 0 Å². The molecule has 2 rings (SSSR count). The van der Waals surface area contributed by atoms with E-state index in [0.717, 1.165) is 11.1 Å². The van der Waals surface area contributed by atoms with Crippen molar-refractivity contribution < 1.29 is 9.84 Å². The molecule has 0 aromatic heterocycles. The standard InChI is InChI=1S/C17H23NO2S/c1-12(2)18-10-13(19)11-20-16-8-9-17(21-3)15-7-5-4-6-14(15)16/h4-9,12-13,18-19H,10-11H2,1-3H3/t13-/m1/s1. The van der Waals surface area contributed by atoms with Crippen LogP contribution in [0.5, 0.6) is 5.75 Å². The number of ether oxygens (including phenoxy) is 1. The fraction of sp³-hybridized carbons (Fsp3) is 0.412. The predicted octanol–water partition coefficient (Wildman–Crippen LogP) is 3.30. The fourth-order valence-electron chi connectivity index (χ4n) is 2.16. The average molecular weight is 305 g/mol. The van der Waals surface area contributed by atoms with Crippen LogP contribution in [0.25, 0.3) is 10.8 Å². The van der Waals surface area contributed by atoms with Crippen molar-refractivity contribution in [3.05, 3.63) is 36.4 Å². The molecule has 0 aliphatic carbocycles. The fourth-order valence-corrected chi connectivity index (χ4v) is 2.77. The van der Waals surface area contributed by atoms with Gasteiger partial charge >= 0.3 is 0 Å². The first kappa shape index (κ1) is 16.1. The van der Waals surface area contributed by atoms with Crippen LogP contribution in [0.3, 0.4) is 0 Å². The Morgan fingerprint density at radius 3 is 2.52 bits per heavy atom. The summed E-state index contributed by atoms with van der Waals surface area (Å²) < 4.78 is 5.81. The molecule has 0 fully saturated rings. The van der Waals surface area contributed by atoms with Gasteiger partial charge in [-0.05, 0) is 23.8 Å². The highest BCUT2D eigenvalue weighted by molar-refractivity contribution is 7.98. The highest BCUT2D eigenvalue weighted by Gasteiger charge is 2.09. The number of thioether (sulfide) groups is 1. The quantitative estimate of drug-likeness (QED) is 0.770. The van der Waals surface area contributed by atoms with Crippen molar-refractivity contribution in [2.24, 2.45) is 0 Å². The summed E-state index contributed by atoms with van der Waals surface area (Å²) in [5, 5.41) is 15.4. The van der Waals surface area contributed by atoms with Gasteiger partial charge < -0.3 is 15.2 Å². The zero-order valence-electron chi connectivity index (χ0n) is 12.8. The van der Waals surface area contributed by atoms with E-state index in [9.17, 15) is 5.11 Å². The van der Waals surface area contributed by atoms with Crippen molar-refractivity contribution in [2.75, 3.05) is 19.4 Å². The molecule has 2 aromatic rings. The molecule has 4 heteroatoms. The molecule has 1 atom stereocenters. The van der Waals surface area contributed by atoms with Gasteiger partial charge in [0.05, 0.1) is 0 Å². The predicted molar refractivity (Wildman–Crippen MR) is 90.4 cm³/mol. The summed E-state index contributed by atoms with van der Waals surface area (Å²) in [5.74, 6) is 0.826. The molecule has 3 nitrogen and oxygen atoms in total. The van der Waals surface area contributed by atoms with E-state index in [-0.39, 0.29) is 0 Å². The van der Waals surface area contributed by atoms with Gasteiger partial charge in [-0.25, -0.2) is 0 Å². The summed E-state index contributed by atoms with van der Waals surface area (Å²) in [6, 6.07) is 12.6. The molecule has 0 saturated heterocycles. The summed E-state index contributed by atoms with van der Waals surface area (Å²) in [6.45, 7) is 4.95. The van der Waals surface area contributed by atoms with Gasteiger partial charge in [0.1, 0.15) is 18.5 Å². The first-order valence-electron chi connectivity index (χ1n) is 7.21.